The van der Waals surface area contributed by atoms with E-state index in [0.717, 1.165) is 11.1 Å². The van der Waals surface area contributed by atoms with Gasteiger partial charge in [0.15, 0.2) is 0 Å². The first-order valence-electron chi connectivity index (χ1n) is 6.40. The number of hydrogen-bond acceptors (Lipinski definition) is 2. The number of aryl methyl sites for hydroxylation is 2. The Hall–Kier alpha value is -1.32. The quantitative estimate of drug-likeness (QED) is 0.927. The van der Waals surface area contributed by atoms with Crippen LogP contribution in [0, 0.1) is 13.8 Å². The minimum atomic E-state index is -0.752. The second-order valence-electron chi connectivity index (χ2n) is 5.18. The average Bonchev–Trinajstić information content (AvgIpc) is 2.70. The van der Waals surface area contributed by atoms with E-state index in [-0.39, 0.29) is 6.04 Å². The molecule has 1 heterocycles. The van der Waals surface area contributed by atoms with Crippen LogP contribution in [0.25, 0.3) is 0 Å². The lowest BCUT2D eigenvalue weighted by Gasteiger charge is -2.18. The van der Waals surface area contributed by atoms with Crippen molar-refractivity contribution in [2.24, 2.45) is 0 Å². The molecule has 1 unspecified atom stereocenters. The molecule has 3 nitrogen and oxygen atoms in total. The van der Waals surface area contributed by atoms with E-state index in [1.54, 1.807) is 10.9 Å². The summed E-state index contributed by atoms with van der Waals surface area (Å²) in [5.74, 6) is 0. The Kier molecular flexibility index (Phi) is 3.97. The van der Waals surface area contributed by atoms with Crippen molar-refractivity contribution in [3.63, 3.8) is 0 Å². The van der Waals surface area contributed by atoms with Crippen LogP contribution in [0.15, 0.2) is 24.4 Å². The number of nitrogens with zero attached hydrogens (tertiary/aromatic N) is 2. The molecule has 1 aromatic heterocycles. The molecule has 0 aliphatic carbocycles. The molecular weight excluding hydrogens is 260 g/mol. The highest BCUT2D eigenvalue weighted by atomic mass is 35.5. The summed E-state index contributed by atoms with van der Waals surface area (Å²) in [4.78, 5) is 0. The van der Waals surface area contributed by atoms with E-state index >= 15 is 0 Å². The van der Waals surface area contributed by atoms with Gasteiger partial charge in [0, 0.05) is 6.04 Å². The molecule has 1 atom stereocenters. The van der Waals surface area contributed by atoms with Gasteiger partial charge in [0.1, 0.15) is 6.10 Å². The first kappa shape index (κ1) is 14.1. The maximum atomic E-state index is 10.6. The number of aliphatic hydroxyl groups excluding tert-OH is 1. The third-order valence-electron chi connectivity index (χ3n) is 3.26. The van der Waals surface area contributed by atoms with Gasteiger partial charge >= 0.3 is 0 Å². The highest BCUT2D eigenvalue weighted by Crippen LogP contribution is 2.31. The molecule has 0 radical (unpaired) electrons. The molecule has 0 fully saturated rings. The van der Waals surface area contributed by atoms with Gasteiger partial charge in [-0.2, -0.15) is 5.10 Å². The van der Waals surface area contributed by atoms with E-state index in [2.05, 4.69) is 11.2 Å². The van der Waals surface area contributed by atoms with Gasteiger partial charge in [-0.05, 0) is 38.8 Å². The van der Waals surface area contributed by atoms with Gasteiger partial charge in [0.05, 0.1) is 16.9 Å². The predicted molar refractivity (Wildman–Crippen MR) is 77.6 cm³/mol. The molecule has 2 aromatic rings. The van der Waals surface area contributed by atoms with Crippen molar-refractivity contribution in [3.05, 3.63) is 51.8 Å². The molecule has 1 aromatic carbocycles. The SMILES string of the molecule is Cc1ccc(C(O)c2c(Cl)cnn2C(C)C)c(C)c1. The van der Waals surface area contributed by atoms with Crippen molar-refractivity contribution in [1.82, 2.24) is 9.78 Å². The summed E-state index contributed by atoms with van der Waals surface area (Å²) in [6, 6.07) is 6.16. The number of aliphatic hydroxyl groups is 1. The summed E-state index contributed by atoms with van der Waals surface area (Å²) in [6.07, 6.45) is 0.835. The van der Waals surface area contributed by atoms with Crippen LogP contribution in [0.2, 0.25) is 5.02 Å². The Balaban J connectivity index is 2.49. The fourth-order valence-corrected chi connectivity index (χ4v) is 2.53. The van der Waals surface area contributed by atoms with Crippen LogP contribution in [-0.2, 0) is 0 Å². The van der Waals surface area contributed by atoms with Gasteiger partial charge in [-0.15, -0.1) is 0 Å². The third-order valence-corrected chi connectivity index (χ3v) is 3.55. The first-order valence-corrected chi connectivity index (χ1v) is 6.77. The lowest BCUT2D eigenvalue weighted by molar-refractivity contribution is 0.204. The molecule has 0 aliphatic rings. The summed E-state index contributed by atoms with van der Waals surface area (Å²) in [7, 11) is 0. The van der Waals surface area contributed by atoms with Gasteiger partial charge in [-0.25, -0.2) is 0 Å². The van der Waals surface area contributed by atoms with Gasteiger partial charge in [-0.1, -0.05) is 35.4 Å². The van der Waals surface area contributed by atoms with Crippen molar-refractivity contribution < 1.29 is 5.11 Å². The maximum absolute atomic E-state index is 10.6. The Morgan fingerprint density at radius 3 is 2.53 bits per heavy atom. The lowest BCUT2D eigenvalue weighted by Crippen LogP contribution is -2.13. The molecular formula is C15H19ClN2O. The minimum absolute atomic E-state index is 0.155. The minimum Gasteiger partial charge on any atom is -0.382 e. The van der Waals surface area contributed by atoms with Crippen molar-refractivity contribution >= 4 is 11.6 Å². The lowest BCUT2D eigenvalue weighted by atomic mass is 9.99. The zero-order valence-electron chi connectivity index (χ0n) is 11.7. The van der Waals surface area contributed by atoms with Crippen molar-refractivity contribution in [1.29, 1.82) is 0 Å². The van der Waals surface area contributed by atoms with E-state index in [1.165, 1.54) is 5.56 Å². The summed E-state index contributed by atoms with van der Waals surface area (Å²) in [5.41, 5.74) is 3.76. The fraction of sp³-hybridized carbons (Fsp3) is 0.400. The molecule has 0 saturated heterocycles. The molecule has 1 N–H and O–H groups in total. The molecule has 19 heavy (non-hydrogen) atoms. The summed E-state index contributed by atoms with van der Waals surface area (Å²) in [6.45, 7) is 8.06. The molecule has 0 aliphatic heterocycles. The van der Waals surface area contributed by atoms with E-state index in [0.29, 0.717) is 10.7 Å². The van der Waals surface area contributed by atoms with Crippen LogP contribution in [0.1, 0.15) is 48.4 Å². The molecule has 0 bridgehead atoms. The normalized spacial score (nSPS) is 13.0. The van der Waals surface area contributed by atoms with Crippen LogP contribution in [-0.4, -0.2) is 14.9 Å². The number of aromatic nitrogens is 2. The van der Waals surface area contributed by atoms with Crippen LogP contribution in [0.3, 0.4) is 0 Å². The predicted octanol–water partition coefficient (Wildman–Crippen LogP) is 3.82. The third kappa shape index (κ3) is 2.67. The van der Waals surface area contributed by atoms with Gasteiger partial charge in [-0.3, -0.25) is 4.68 Å². The van der Waals surface area contributed by atoms with Crippen molar-refractivity contribution in [3.8, 4) is 0 Å². The number of halogens is 1. The zero-order chi connectivity index (χ0) is 14.2. The summed E-state index contributed by atoms with van der Waals surface area (Å²) < 4.78 is 1.77. The van der Waals surface area contributed by atoms with Crippen LogP contribution in [0.5, 0.6) is 0 Å². The van der Waals surface area contributed by atoms with Gasteiger partial charge in [0.25, 0.3) is 0 Å². The Bertz CT molecular complexity index is 590. The first-order chi connectivity index (χ1) is 8.91. The average molecular weight is 279 g/mol. The van der Waals surface area contributed by atoms with E-state index in [1.807, 2.05) is 39.8 Å². The highest BCUT2D eigenvalue weighted by Gasteiger charge is 2.22. The van der Waals surface area contributed by atoms with Crippen molar-refractivity contribution in [2.75, 3.05) is 0 Å². The van der Waals surface area contributed by atoms with E-state index < -0.39 is 6.10 Å². The number of benzene rings is 1. The van der Waals surface area contributed by atoms with Crippen molar-refractivity contribution in [2.45, 2.75) is 39.8 Å². The standard InChI is InChI=1S/C15H19ClN2O/c1-9(2)18-14(13(16)8-17-18)15(19)12-6-5-10(3)7-11(12)4/h5-9,15,19H,1-4H3. The highest BCUT2D eigenvalue weighted by molar-refractivity contribution is 6.31. The molecule has 0 amide bonds. The van der Waals surface area contributed by atoms with Gasteiger partial charge < -0.3 is 5.11 Å². The molecule has 0 saturated carbocycles. The zero-order valence-corrected chi connectivity index (χ0v) is 12.4. The molecule has 2 rings (SSSR count). The fourth-order valence-electron chi connectivity index (χ4n) is 2.30. The topological polar surface area (TPSA) is 38.1 Å². The monoisotopic (exact) mass is 278 g/mol. The van der Waals surface area contributed by atoms with Crippen LogP contribution in [0.4, 0.5) is 0 Å². The summed E-state index contributed by atoms with van der Waals surface area (Å²) in [5, 5.41) is 15.4. The largest absolute Gasteiger partial charge is 0.382 e. The molecule has 0 spiro atoms. The van der Waals surface area contributed by atoms with Crippen LogP contribution < -0.4 is 0 Å². The molecule has 4 heteroatoms. The maximum Gasteiger partial charge on any atom is 0.122 e. The second-order valence-corrected chi connectivity index (χ2v) is 5.59. The smallest absolute Gasteiger partial charge is 0.122 e. The van der Waals surface area contributed by atoms with E-state index in [4.69, 9.17) is 11.6 Å². The second kappa shape index (κ2) is 5.35. The Morgan fingerprint density at radius 1 is 1.26 bits per heavy atom. The van der Waals surface area contributed by atoms with Gasteiger partial charge in [0.2, 0.25) is 0 Å². The van der Waals surface area contributed by atoms with E-state index in [9.17, 15) is 5.11 Å². The number of rotatable bonds is 3. The number of hydrogen-bond donors (Lipinski definition) is 1. The van der Waals surface area contributed by atoms with Crippen LogP contribution >= 0.6 is 11.6 Å². The Morgan fingerprint density at radius 2 is 1.95 bits per heavy atom. The Labute approximate surface area is 118 Å². The summed E-state index contributed by atoms with van der Waals surface area (Å²) >= 11 is 6.17. The molecule has 102 valence electrons.